The van der Waals surface area contributed by atoms with Gasteiger partial charge in [-0.05, 0) is 89.9 Å². The van der Waals surface area contributed by atoms with Crippen LogP contribution in [-0.4, -0.2) is 34.9 Å². The molecule has 0 aliphatic carbocycles. The molecule has 0 fully saturated rings. The number of aliphatic hydroxyl groups excluding tert-OH is 2. The molecule has 0 saturated heterocycles. The zero-order valence-corrected chi connectivity index (χ0v) is 39.6. The van der Waals surface area contributed by atoms with Crippen molar-refractivity contribution in [3.05, 3.63) is 122 Å². The van der Waals surface area contributed by atoms with Crippen molar-refractivity contribution in [1.82, 2.24) is 5.32 Å². The Morgan fingerprint density at radius 1 is 0.410 bits per heavy atom. The molecule has 0 aromatic heterocycles. The Hall–Kier alpha value is -3.21. The van der Waals surface area contributed by atoms with E-state index in [2.05, 4.69) is 129 Å². The van der Waals surface area contributed by atoms with Crippen molar-refractivity contribution in [2.24, 2.45) is 0 Å². The normalized spacial score (nSPS) is 14.0. The van der Waals surface area contributed by atoms with Gasteiger partial charge in [0.25, 0.3) is 0 Å². The van der Waals surface area contributed by atoms with Crippen LogP contribution >= 0.6 is 0 Å². The number of rotatable bonds is 44. The third kappa shape index (κ3) is 47.7. The maximum absolute atomic E-state index is 12.4. The maximum atomic E-state index is 12.4. The molecule has 0 aromatic rings. The van der Waals surface area contributed by atoms with Crippen LogP contribution in [0.1, 0.15) is 213 Å². The summed E-state index contributed by atoms with van der Waals surface area (Å²) in [5.74, 6) is -0.101. The summed E-state index contributed by atoms with van der Waals surface area (Å²) in [6.07, 6.45) is 78.9. The molecule has 0 heterocycles. The van der Waals surface area contributed by atoms with Crippen LogP contribution in [0.3, 0.4) is 0 Å². The predicted molar refractivity (Wildman–Crippen MR) is 271 cm³/mol. The Bertz CT molecular complexity index is 1230. The summed E-state index contributed by atoms with van der Waals surface area (Å²) in [4.78, 5) is 12.4. The van der Waals surface area contributed by atoms with E-state index in [0.29, 0.717) is 6.42 Å². The van der Waals surface area contributed by atoms with Gasteiger partial charge in [-0.2, -0.15) is 0 Å². The molecular weight excluding hydrogens is 747 g/mol. The van der Waals surface area contributed by atoms with Gasteiger partial charge in [0, 0.05) is 6.42 Å². The van der Waals surface area contributed by atoms with Crippen molar-refractivity contribution in [3.8, 4) is 0 Å². The molecule has 4 nitrogen and oxygen atoms in total. The molecule has 4 heteroatoms. The Morgan fingerprint density at radius 2 is 0.721 bits per heavy atom. The summed E-state index contributed by atoms with van der Waals surface area (Å²) in [6, 6.07) is -0.649. The molecule has 2 atom stereocenters. The van der Waals surface area contributed by atoms with Gasteiger partial charge in [-0.15, -0.1) is 0 Å². The van der Waals surface area contributed by atoms with E-state index >= 15 is 0 Å². The van der Waals surface area contributed by atoms with E-state index in [1.165, 1.54) is 96.3 Å². The van der Waals surface area contributed by atoms with Crippen LogP contribution < -0.4 is 5.32 Å². The van der Waals surface area contributed by atoms with Gasteiger partial charge in [0.2, 0.25) is 5.91 Å². The van der Waals surface area contributed by atoms with Crippen LogP contribution in [-0.2, 0) is 4.79 Å². The molecule has 0 radical (unpaired) electrons. The van der Waals surface area contributed by atoms with Gasteiger partial charge in [-0.1, -0.05) is 238 Å². The number of nitrogens with one attached hydrogen (secondary N) is 1. The average Bonchev–Trinajstić information content (AvgIpc) is 3.26. The SMILES string of the molecule is CC/C=C\C/C=C\C/C=C\C/C=C\C/C=C\C/C=C\C/C=C\C/C=C\C/C=C\CCCCCC(=O)NC(CO)C(O)/C=C/CCCCCCCCCCCCCCCCCC. The summed E-state index contributed by atoms with van der Waals surface area (Å²) in [6.45, 7) is 4.18. The Morgan fingerprint density at radius 3 is 1.08 bits per heavy atom. The summed E-state index contributed by atoms with van der Waals surface area (Å²) >= 11 is 0. The molecule has 2 unspecified atom stereocenters. The highest BCUT2D eigenvalue weighted by molar-refractivity contribution is 5.76. The fourth-order valence-electron chi connectivity index (χ4n) is 6.88. The molecule has 61 heavy (non-hydrogen) atoms. The summed E-state index contributed by atoms with van der Waals surface area (Å²) in [7, 11) is 0. The fraction of sp³-hybridized carbons (Fsp3) is 0.632. The van der Waals surface area contributed by atoms with Crippen molar-refractivity contribution >= 4 is 5.91 Å². The van der Waals surface area contributed by atoms with Gasteiger partial charge < -0.3 is 15.5 Å². The molecule has 1 amide bonds. The predicted octanol–water partition coefficient (Wildman–Crippen LogP) is 16.5. The quantitative estimate of drug-likeness (QED) is 0.0423. The summed E-state index contributed by atoms with van der Waals surface area (Å²) in [5, 5.41) is 23.1. The van der Waals surface area contributed by atoms with Crippen LogP contribution in [0, 0.1) is 0 Å². The van der Waals surface area contributed by atoms with Gasteiger partial charge in [0.05, 0.1) is 18.8 Å². The number of hydrogen-bond donors (Lipinski definition) is 3. The number of aliphatic hydroxyl groups is 2. The van der Waals surface area contributed by atoms with Crippen LogP contribution in [0.4, 0.5) is 0 Å². The lowest BCUT2D eigenvalue weighted by molar-refractivity contribution is -0.123. The van der Waals surface area contributed by atoms with Crippen molar-refractivity contribution in [2.45, 2.75) is 225 Å². The van der Waals surface area contributed by atoms with Gasteiger partial charge in [-0.25, -0.2) is 0 Å². The zero-order valence-electron chi connectivity index (χ0n) is 39.6. The molecule has 0 aliphatic rings. The fourth-order valence-corrected chi connectivity index (χ4v) is 6.88. The van der Waals surface area contributed by atoms with E-state index in [9.17, 15) is 15.0 Å². The molecule has 0 bridgehead atoms. The Kier molecular flexibility index (Phi) is 48.5. The van der Waals surface area contributed by atoms with Gasteiger partial charge >= 0.3 is 0 Å². The molecule has 0 saturated carbocycles. The first-order chi connectivity index (χ1) is 30.2. The van der Waals surface area contributed by atoms with E-state index in [1.54, 1.807) is 6.08 Å². The van der Waals surface area contributed by atoms with Crippen molar-refractivity contribution in [1.29, 1.82) is 0 Å². The standard InChI is InChI=1S/C57H95NO3/c1-3-5-7-9-11-13-15-17-19-21-23-24-25-26-27-28-29-30-31-32-33-34-35-37-39-41-43-45-47-49-51-53-57(61)58-55(54-59)56(60)52-50-48-46-44-42-40-38-36-22-20-18-16-14-12-10-8-6-4-2/h5,7,11,13,17,19,23-24,26-27,29-30,32-33,35,37,41,43,50,52,55-56,59-60H,3-4,6,8-10,12,14-16,18,20-22,25,28,31,34,36,38-40,42,44-49,51,53-54H2,1-2H3,(H,58,61)/b7-5-,13-11-,19-17-,24-23-,27-26-,30-29-,33-32-,37-35-,43-41-,52-50+. The second-order valence-electron chi connectivity index (χ2n) is 16.5. The number of carbonyl (C=O) groups is 1. The molecule has 3 N–H and O–H groups in total. The second-order valence-corrected chi connectivity index (χ2v) is 16.5. The third-order valence-corrected chi connectivity index (χ3v) is 10.7. The molecule has 0 rings (SSSR count). The molecule has 0 aromatic carbocycles. The van der Waals surface area contributed by atoms with Crippen LogP contribution in [0.15, 0.2) is 122 Å². The first-order valence-electron chi connectivity index (χ1n) is 25.2. The Balaban J connectivity index is 3.72. The number of hydrogen-bond acceptors (Lipinski definition) is 3. The van der Waals surface area contributed by atoms with Crippen molar-refractivity contribution < 1.29 is 15.0 Å². The summed E-state index contributed by atoms with van der Waals surface area (Å²) in [5.41, 5.74) is 0. The van der Waals surface area contributed by atoms with Crippen molar-refractivity contribution in [2.75, 3.05) is 6.61 Å². The molecular formula is C57H95NO3. The van der Waals surface area contributed by atoms with Crippen LogP contribution in [0.5, 0.6) is 0 Å². The van der Waals surface area contributed by atoms with Gasteiger partial charge in [0.15, 0.2) is 0 Å². The number of amides is 1. The number of unbranched alkanes of at least 4 members (excludes halogenated alkanes) is 19. The number of carbonyl (C=O) groups excluding carboxylic acids is 1. The minimum absolute atomic E-state index is 0.101. The minimum Gasteiger partial charge on any atom is -0.394 e. The lowest BCUT2D eigenvalue weighted by atomic mass is 10.0. The average molecular weight is 842 g/mol. The zero-order chi connectivity index (χ0) is 44.2. The Labute approximate surface area is 378 Å². The first-order valence-corrected chi connectivity index (χ1v) is 25.2. The molecule has 0 aliphatic heterocycles. The highest BCUT2D eigenvalue weighted by atomic mass is 16.3. The number of allylic oxidation sites excluding steroid dienone is 19. The topological polar surface area (TPSA) is 69.6 Å². The van der Waals surface area contributed by atoms with Crippen LogP contribution in [0.2, 0.25) is 0 Å². The third-order valence-electron chi connectivity index (χ3n) is 10.7. The van der Waals surface area contributed by atoms with E-state index in [1.807, 2.05) is 6.08 Å². The monoisotopic (exact) mass is 842 g/mol. The lowest BCUT2D eigenvalue weighted by Gasteiger charge is -2.19. The molecule has 0 spiro atoms. The largest absolute Gasteiger partial charge is 0.394 e. The minimum atomic E-state index is -0.862. The van der Waals surface area contributed by atoms with Crippen molar-refractivity contribution in [3.63, 3.8) is 0 Å². The van der Waals surface area contributed by atoms with E-state index in [0.717, 1.165) is 96.3 Å². The van der Waals surface area contributed by atoms with Gasteiger partial charge in [0.1, 0.15) is 0 Å². The smallest absolute Gasteiger partial charge is 0.220 e. The van der Waals surface area contributed by atoms with E-state index in [4.69, 9.17) is 0 Å². The highest BCUT2D eigenvalue weighted by Gasteiger charge is 2.17. The van der Waals surface area contributed by atoms with E-state index < -0.39 is 12.1 Å². The molecule has 346 valence electrons. The van der Waals surface area contributed by atoms with Gasteiger partial charge in [-0.3, -0.25) is 4.79 Å². The first kappa shape index (κ1) is 57.8. The second kappa shape index (κ2) is 51.1. The lowest BCUT2D eigenvalue weighted by Crippen LogP contribution is -2.45. The highest BCUT2D eigenvalue weighted by Crippen LogP contribution is 2.14. The van der Waals surface area contributed by atoms with E-state index in [-0.39, 0.29) is 12.5 Å². The van der Waals surface area contributed by atoms with Crippen LogP contribution in [0.25, 0.3) is 0 Å². The summed E-state index contributed by atoms with van der Waals surface area (Å²) < 4.78 is 0. The maximum Gasteiger partial charge on any atom is 0.220 e.